The van der Waals surface area contributed by atoms with Crippen LogP contribution in [0.4, 0.5) is 0 Å². The molecule has 0 aliphatic heterocycles. The molecular formula is C34H68. The fourth-order valence-corrected chi connectivity index (χ4v) is 6.32. The van der Waals surface area contributed by atoms with E-state index in [2.05, 4.69) is 83.1 Å². The zero-order valence-electron chi connectivity index (χ0n) is 26.1. The molecule has 0 bridgehead atoms. The van der Waals surface area contributed by atoms with Crippen molar-refractivity contribution < 1.29 is 0 Å². The molecule has 8 unspecified atom stereocenters. The van der Waals surface area contributed by atoms with Gasteiger partial charge in [-0.2, -0.15) is 0 Å². The molecule has 0 nitrogen and oxygen atoms in total. The summed E-state index contributed by atoms with van der Waals surface area (Å²) in [5.74, 6) is 7.09. The minimum atomic E-state index is 0.544. The Labute approximate surface area is 218 Å². The van der Waals surface area contributed by atoms with Crippen molar-refractivity contribution in [2.24, 2.45) is 58.2 Å². The highest BCUT2D eigenvalue weighted by Crippen LogP contribution is 2.47. The highest BCUT2D eigenvalue weighted by atomic mass is 14.4. The lowest BCUT2D eigenvalue weighted by atomic mass is 9.62. The Morgan fingerprint density at radius 2 is 1.26 bits per heavy atom. The first-order valence-corrected chi connectivity index (χ1v) is 15.7. The Morgan fingerprint density at radius 3 is 1.79 bits per heavy atom. The van der Waals surface area contributed by atoms with Gasteiger partial charge in [-0.25, -0.2) is 0 Å². The first kappa shape index (κ1) is 32.0. The Balaban J connectivity index is 2.38. The second kappa shape index (κ2) is 14.7. The van der Waals surface area contributed by atoms with Gasteiger partial charge in [-0.3, -0.25) is 0 Å². The van der Waals surface area contributed by atoms with Crippen molar-refractivity contribution in [1.29, 1.82) is 0 Å². The average Bonchev–Trinajstić information content (AvgIpc) is 2.79. The molecule has 1 rings (SSSR count). The van der Waals surface area contributed by atoms with E-state index in [1.54, 1.807) is 0 Å². The Kier molecular flexibility index (Phi) is 13.8. The van der Waals surface area contributed by atoms with Gasteiger partial charge in [0.25, 0.3) is 0 Å². The summed E-state index contributed by atoms with van der Waals surface area (Å²) in [4.78, 5) is 0. The van der Waals surface area contributed by atoms with Gasteiger partial charge in [0, 0.05) is 0 Å². The van der Waals surface area contributed by atoms with Gasteiger partial charge in [0.05, 0.1) is 0 Å². The fraction of sp³-hybridized carbons (Fsp3) is 1.00. The van der Waals surface area contributed by atoms with Gasteiger partial charge in [-0.15, -0.1) is 0 Å². The Morgan fingerprint density at radius 1 is 0.735 bits per heavy atom. The summed E-state index contributed by atoms with van der Waals surface area (Å²) in [6.07, 6.45) is 17.1. The van der Waals surface area contributed by atoms with E-state index < -0.39 is 0 Å². The lowest BCUT2D eigenvalue weighted by molar-refractivity contribution is 0.0729. The van der Waals surface area contributed by atoms with Crippen molar-refractivity contribution >= 4 is 0 Å². The van der Waals surface area contributed by atoms with Gasteiger partial charge in [0.15, 0.2) is 0 Å². The third-order valence-electron chi connectivity index (χ3n) is 11.5. The first-order chi connectivity index (χ1) is 15.7. The summed E-state index contributed by atoms with van der Waals surface area (Å²) >= 11 is 0. The Hall–Kier alpha value is 0. The van der Waals surface area contributed by atoms with Crippen LogP contribution in [-0.4, -0.2) is 0 Å². The summed E-state index contributed by atoms with van der Waals surface area (Å²) in [6.45, 7) is 29.9. The zero-order valence-corrected chi connectivity index (χ0v) is 26.1. The maximum absolute atomic E-state index is 2.60. The van der Waals surface area contributed by atoms with Crippen LogP contribution in [0.5, 0.6) is 0 Å². The molecular weight excluding hydrogens is 408 g/mol. The maximum Gasteiger partial charge on any atom is -0.0326 e. The van der Waals surface area contributed by atoms with Crippen molar-refractivity contribution in [3.8, 4) is 0 Å². The second-order valence-corrected chi connectivity index (χ2v) is 15.1. The molecule has 0 aromatic carbocycles. The van der Waals surface area contributed by atoms with E-state index in [1.165, 1.54) is 77.0 Å². The van der Waals surface area contributed by atoms with Crippen molar-refractivity contribution in [2.45, 2.75) is 160 Å². The maximum atomic E-state index is 2.60. The molecule has 1 aliphatic carbocycles. The van der Waals surface area contributed by atoms with E-state index in [1.807, 2.05) is 0 Å². The van der Waals surface area contributed by atoms with Crippen LogP contribution >= 0.6 is 0 Å². The normalized spacial score (nSPS) is 27.1. The molecule has 0 saturated heterocycles. The van der Waals surface area contributed by atoms with E-state index in [-0.39, 0.29) is 0 Å². The predicted octanol–water partition coefficient (Wildman–Crippen LogP) is 11.8. The predicted molar refractivity (Wildman–Crippen MR) is 156 cm³/mol. The fourth-order valence-electron chi connectivity index (χ4n) is 6.32. The monoisotopic (exact) mass is 477 g/mol. The van der Waals surface area contributed by atoms with Crippen molar-refractivity contribution in [3.05, 3.63) is 0 Å². The van der Waals surface area contributed by atoms with E-state index in [9.17, 15) is 0 Å². The molecule has 0 radical (unpaired) electrons. The van der Waals surface area contributed by atoms with Gasteiger partial charge in [-0.1, -0.05) is 122 Å². The lowest BCUT2D eigenvalue weighted by Crippen LogP contribution is -2.33. The SMILES string of the molecule is CCC(C)(CCC(C)CCC(C)C(C)CCC(C)C(C)C)CCC(C)C1CCC(C)C(C)(C)C1. The van der Waals surface area contributed by atoms with Crippen molar-refractivity contribution in [2.75, 3.05) is 0 Å². The molecule has 0 heteroatoms. The molecule has 8 atom stereocenters. The van der Waals surface area contributed by atoms with Crippen LogP contribution in [0.2, 0.25) is 0 Å². The second-order valence-electron chi connectivity index (χ2n) is 15.1. The van der Waals surface area contributed by atoms with Crippen LogP contribution in [0.3, 0.4) is 0 Å². The quantitative estimate of drug-likeness (QED) is 0.208. The van der Waals surface area contributed by atoms with E-state index >= 15 is 0 Å². The molecule has 0 N–H and O–H groups in total. The summed E-state index contributed by atoms with van der Waals surface area (Å²) in [6, 6.07) is 0. The van der Waals surface area contributed by atoms with Gasteiger partial charge in [0.1, 0.15) is 0 Å². The molecule has 204 valence electrons. The minimum Gasteiger partial charge on any atom is -0.0649 e. The standard InChI is InChI=1S/C34H68/c1-13-34(12,23-21-30(8)32-19-18-31(9)33(10,11)24-32)22-20-26(4)14-15-28(6)29(7)17-16-27(5)25(2)3/h25-32H,13-24H2,1-12H3. The van der Waals surface area contributed by atoms with E-state index in [0.29, 0.717) is 10.8 Å². The minimum absolute atomic E-state index is 0.544. The first-order valence-electron chi connectivity index (χ1n) is 15.7. The molecule has 1 saturated carbocycles. The third kappa shape index (κ3) is 10.9. The largest absolute Gasteiger partial charge is 0.0649 e. The summed E-state index contributed by atoms with van der Waals surface area (Å²) < 4.78 is 0. The number of rotatable bonds is 16. The van der Waals surface area contributed by atoms with Crippen LogP contribution in [-0.2, 0) is 0 Å². The number of hydrogen-bond acceptors (Lipinski definition) is 0. The van der Waals surface area contributed by atoms with E-state index in [0.717, 1.165) is 47.3 Å². The van der Waals surface area contributed by atoms with Crippen molar-refractivity contribution in [1.82, 2.24) is 0 Å². The smallest absolute Gasteiger partial charge is 0.0326 e. The zero-order chi connectivity index (χ0) is 26.1. The number of hydrogen-bond donors (Lipinski definition) is 0. The van der Waals surface area contributed by atoms with Crippen molar-refractivity contribution in [3.63, 3.8) is 0 Å². The topological polar surface area (TPSA) is 0 Å². The summed E-state index contributed by atoms with van der Waals surface area (Å²) in [5.41, 5.74) is 1.09. The van der Waals surface area contributed by atoms with Gasteiger partial charge in [-0.05, 0) is 96.7 Å². The van der Waals surface area contributed by atoms with Crippen LogP contribution < -0.4 is 0 Å². The molecule has 34 heavy (non-hydrogen) atoms. The molecule has 1 aliphatic rings. The van der Waals surface area contributed by atoms with Crippen LogP contribution in [0.25, 0.3) is 0 Å². The van der Waals surface area contributed by atoms with Gasteiger partial charge < -0.3 is 0 Å². The summed E-state index contributed by atoms with van der Waals surface area (Å²) in [5, 5.41) is 0. The summed E-state index contributed by atoms with van der Waals surface area (Å²) in [7, 11) is 0. The van der Waals surface area contributed by atoms with Crippen LogP contribution in [0.1, 0.15) is 160 Å². The molecule has 0 heterocycles. The highest BCUT2D eigenvalue weighted by molar-refractivity contribution is 4.87. The Bertz CT molecular complexity index is 530. The van der Waals surface area contributed by atoms with Gasteiger partial charge >= 0.3 is 0 Å². The average molecular weight is 477 g/mol. The molecule has 0 amide bonds. The third-order valence-corrected chi connectivity index (χ3v) is 11.5. The van der Waals surface area contributed by atoms with Gasteiger partial charge in [0.2, 0.25) is 0 Å². The van der Waals surface area contributed by atoms with Crippen LogP contribution in [0, 0.1) is 58.2 Å². The molecule has 0 aromatic rings. The molecule has 1 fully saturated rings. The van der Waals surface area contributed by atoms with Crippen LogP contribution in [0.15, 0.2) is 0 Å². The molecule has 0 spiro atoms. The highest BCUT2D eigenvalue weighted by Gasteiger charge is 2.36. The molecule has 0 aromatic heterocycles. The lowest BCUT2D eigenvalue weighted by Gasteiger charge is -2.43. The van der Waals surface area contributed by atoms with E-state index in [4.69, 9.17) is 0 Å².